The van der Waals surface area contributed by atoms with Crippen LogP contribution in [0.4, 0.5) is 0 Å². The van der Waals surface area contributed by atoms with Crippen LogP contribution in [0.25, 0.3) is 31.4 Å². The summed E-state index contributed by atoms with van der Waals surface area (Å²) < 4.78 is 2.72. The van der Waals surface area contributed by atoms with Crippen molar-refractivity contribution in [2.75, 3.05) is 0 Å². The average molecular weight is 358 g/mol. The summed E-state index contributed by atoms with van der Waals surface area (Å²) in [6, 6.07) is 18.1. The first-order valence-electron chi connectivity index (χ1n) is 9.64. The molecule has 1 aliphatic carbocycles. The number of benzene rings is 2. The molecule has 1 aliphatic rings. The molecule has 130 valence electrons. The van der Waals surface area contributed by atoms with E-state index in [2.05, 4.69) is 60.4 Å². The topological polar surface area (TPSA) is 12.9 Å². The van der Waals surface area contributed by atoms with Crippen molar-refractivity contribution in [3.63, 3.8) is 0 Å². The van der Waals surface area contributed by atoms with Crippen LogP contribution in [0.5, 0.6) is 0 Å². The molecule has 1 nitrogen and oxygen atoms in total. The minimum absolute atomic E-state index is 0.872. The van der Waals surface area contributed by atoms with E-state index >= 15 is 0 Å². The fourth-order valence-corrected chi connectivity index (χ4v) is 5.42. The summed E-state index contributed by atoms with van der Waals surface area (Å²) in [5, 5.41) is 2.73. The summed E-state index contributed by atoms with van der Waals surface area (Å²) in [6.45, 7) is 2.17. The number of fused-ring (bicyclic) bond motifs is 3. The molecule has 0 atom stereocenters. The number of thiophene rings is 1. The standard InChI is InChI=1S/C24H23NS/c1-16-6-8-23-20(12-16)21-15-19(7-9-24(21)26-23)22-14-18(10-11-25-22)13-17-4-2-3-5-17/h6-12,14-15,17H,2-5,13H2,1H3. The van der Waals surface area contributed by atoms with Gasteiger partial charge < -0.3 is 0 Å². The van der Waals surface area contributed by atoms with Gasteiger partial charge in [0.2, 0.25) is 0 Å². The van der Waals surface area contributed by atoms with E-state index in [0.717, 1.165) is 11.6 Å². The Labute approximate surface area is 158 Å². The number of nitrogens with zero attached hydrogens (tertiary/aromatic N) is 1. The second-order valence-electron chi connectivity index (χ2n) is 7.72. The summed E-state index contributed by atoms with van der Waals surface area (Å²) >= 11 is 1.88. The van der Waals surface area contributed by atoms with Gasteiger partial charge in [0, 0.05) is 31.9 Å². The van der Waals surface area contributed by atoms with Gasteiger partial charge in [0.15, 0.2) is 0 Å². The van der Waals surface area contributed by atoms with Crippen LogP contribution in [0, 0.1) is 12.8 Å². The fraction of sp³-hybridized carbons (Fsp3) is 0.292. The van der Waals surface area contributed by atoms with Gasteiger partial charge in [-0.1, -0.05) is 43.4 Å². The molecule has 0 bridgehead atoms. The van der Waals surface area contributed by atoms with E-state index in [1.165, 1.54) is 69.0 Å². The lowest BCUT2D eigenvalue weighted by molar-refractivity contribution is 0.546. The summed E-state index contributed by atoms with van der Waals surface area (Å²) in [4.78, 5) is 4.68. The Hall–Kier alpha value is -2.19. The fourth-order valence-electron chi connectivity index (χ4n) is 4.36. The second kappa shape index (κ2) is 6.51. The van der Waals surface area contributed by atoms with Crippen LogP contribution in [-0.2, 0) is 6.42 Å². The Morgan fingerprint density at radius 2 is 1.69 bits per heavy atom. The van der Waals surface area contributed by atoms with Gasteiger partial charge in [-0.3, -0.25) is 4.98 Å². The van der Waals surface area contributed by atoms with Crippen molar-refractivity contribution in [3.05, 3.63) is 65.9 Å². The van der Waals surface area contributed by atoms with Gasteiger partial charge in [-0.25, -0.2) is 0 Å². The van der Waals surface area contributed by atoms with Crippen LogP contribution in [0.3, 0.4) is 0 Å². The first-order valence-corrected chi connectivity index (χ1v) is 10.5. The van der Waals surface area contributed by atoms with E-state index < -0.39 is 0 Å². The third-order valence-electron chi connectivity index (χ3n) is 5.74. The summed E-state index contributed by atoms with van der Waals surface area (Å²) in [6.07, 6.45) is 8.79. The Balaban J connectivity index is 1.55. The van der Waals surface area contributed by atoms with E-state index in [4.69, 9.17) is 0 Å². The molecule has 1 saturated carbocycles. The highest BCUT2D eigenvalue weighted by Gasteiger charge is 2.16. The maximum Gasteiger partial charge on any atom is 0.0704 e. The Morgan fingerprint density at radius 3 is 2.54 bits per heavy atom. The molecule has 1 fully saturated rings. The zero-order chi connectivity index (χ0) is 17.5. The third kappa shape index (κ3) is 2.93. The van der Waals surface area contributed by atoms with Crippen LogP contribution in [0.2, 0.25) is 0 Å². The zero-order valence-corrected chi connectivity index (χ0v) is 16.0. The van der Waals surface area contributed by atoms with Crippen molar-refractivity contribution < 1.29 is 0 Å². The number of pyridine rings is 1. The molecule has 0 saturated heterocycles. The molecule has 0 unspecified atom stereocenters. The molecule has 26 heavy (non-hydrogen) atoms. The molecule has 4 aromatic rings. The Kier molecular flexibility index (Phi) is 4.01. The number of hydrogen-bond acceptors (Lipinski definition) is 2. The predicted molar refractivity (Wildman–Crippen MR) is 113 cm³/mol. The molecular weight excluding hydrogens is 334 g/mol. The average Bonchev–Trinajstić information content (AvgIpc) is 3.29. The van der Waals surface area contributed by atoms with E-state index in [0.29, 0.717) is 0 Å². The van der Waals surface area contributed by atoms with Crippen LogP contribution in [-0.4, -0.2) is 4.98 Å². The van der Waals surface area contributed by atoms with Crippen molar-refractivity contribution in [2.24, 2.45) is 5.92 Å². The van der Waals surface area contributed by atoms with Gasteiger partial charge in [-0.15, -0.1) is 11.3 Å². The van der Waals surface area contributed by atoms with Crippen LogP contribution < -0.4 is 0 Å². The first kappa shape index (κ1) is 16.0. The lowest BCUT2D eigenvalue weighted by atomic mass is 9.97. The highest BCUT2D eigenvalue weighted by molar-refractivity contribution is 7.25. The molecule has 2 aromatic heterocycles. The minimum atomic E-state index is 0.872. The van der Waals surface area contributed by atoms with E-state index in [9.17, 15) is 0 Å². The molecular formula is C24H23NS. The van der Waals surface area contributed by atoms with E-state index in [-0.39, 0.29) is 0 Å². The third-order valence-corrected chi connectivity index (χ3v) is 6.90. The molecule has 2 heteroatoms. The van der Waals surface area contributed by atoms with Crippen LogP contribution in [0.15, 0.2) is 54.7 Å². The van der Waals surface area contributed by atoms with Gasteiger partial charge in [-0.05, 0) is 61.2 Å². The van der Waals surface area contributed by atoms with Gasteiger partial charge in [0.05, 0.1) is 5.69 Å². The molecule has 2 aromatic carbocycles. The van der Waals surface area contributed by atoms with Crippen molar-refractivity contribution in [1.82, 2.24) is 4.98 Å². The largest absolute Gasteiger partial charge is 0.256 e. The van der Waals surface area contributed by atoms with Crippen LogP contribution in [0.1, 0.15) is 36.8 Å². The maximum atomic E-state index is 4.68. The van der Waals surface area contributed by atoms with Crippen molar-refractivity contribution in [1.29, 1.82) is 0 Å². The maximum absolute atomic E-state index is 4.68. The highest BCUT2D eigenvalue weighted by Crippen LogP contribution is 2.37. The Morgan fingerprint density at radius 1 is 0.923 bits per heavy atom. The molecule has 0 N–H and O–H groups in total. The second-order valence-corrected chi connectivity index (χ2v) is 8.80. The summed E-state index contributed by atoms with van der Waals surface area (Å²) in [5.74, 6) is 0.872. The van der Waals surface area contributed by atoms with Crippen molar-refractivity contribution >= 4 is 31.5 Å². The SMILES string of the molecule is Cc1ccc2sc3ccc(-c4cc(CC5CCCC5)ccn4)cc3c2c1. The van der Waals surface area contributed by atoms with Gasteiger partial charge in [0.1, 0.15) is 0 Å². The Bertz CT molecular complexity index is 1090. The highest BCUT2D eigenvalue weighted by atomic mass is 32.1. The lowest BCUT2D eigenvalue weighted by Gasteiger charge is -2.10. The number of rotatable bonds is 3. The quantitative estimate of drug-likeness (QED) is 0.379. The number of hydrogen-bond donors (Lipinski definition) is 0. The normalized spacial score (nSPS) is 15.3. The molecule has 0 radical (unpaired) electrons. The number of aryl methyl sites for hydroxylation is 1. The first-order chi connectivity index (χ1) is 12.8. The summed E-state index contributed by atoms with van der Waals surface area (Å²) in [7, 11) is 0. The van der Waals surface area contributed by atoms with Crippen molar-refractivity contribution in [3.8, 4) is 11.3 Å². The molecule has 2 heterocycles. The minimum Gasteiger partial charge on any atom is -0.256 e. The molecule has 0 aliphatic heterocycles. The zero-order valence-electron chi connectivity index (χ0n) is 15.2. The number of aromatic nitrogens is 1. The monoisotopic (exact) mass is 357 g/mol. The van der Waals surface area contributed by atoms with Crippen LogP contribution >= 0.6 is 11.3 Å². The smallest absolute Gasteiger partial charge is 0.0704 e. The van der Waals surface area contributed by atoms with Gasteiger partial charge >= 0.3 is 0 Å². The van der Waals surface area contributed by atoms with Gasteiger partial charge in [-0.2, -0.15) is 0 Å². The lowest BCUT2D eigenvalue weighted by Crippen LogP contribution is -1.99. The predicted octanol–water partition coefficient (Wildman–Crippen LogP) is 7.16. The summed E-state index contributed by atoms with van der Waals surface area (Å²) in [5.41, 5.74) is 5.09. The molecule has 5 rings (SSSR count). The van der Waals surface area contributed by atoms with Crippen molar-refractivity contribution in [2.45, 2.75) is 39.0 Å². The van der Waals surface area contributed by atoms with E-state index in [1.807, 2.05) is 17.5 Å². The van der Waals surface area contributed by atoms with E-state index in [1.54, 1.807) is 0 Å². The molecule has 0 spiro atoms. The molecule has 0 amide bonds. The van der Waals surface area contributed by atoms with Gasteiger partial charge in [0.25, 0.3) is 0 Å².